The van der Waals surface area contributed by atoms with Gasteiger partial charge in [-0.3, -0.25) is 0 Å². The first-order chi connectivity index (χ1) is 15.4. The summed E-state index contributed by atoms with van der Waals surface area (Å²) >= 11 is 0. The quantitative estimate of drug-likeness (QED) is 0.424. The Morgan fingerprint density at radius 1 is 1.16 bits per heavy atom. The van der Waals surface area contributed by atoms with E-state index in [1.807, 2.05) is 0 Å². The monoisotopic (exact) mass is 438 g/mol. The van der Waals surface area contributed by atoms with Crippen molar-refractivity contribution >= 4 is 16.9 Å². The molecule has 1 unspecified atom stereocenters. The molecule has 2 N–H and O–H groups in total. The van der Waals surface area contributed by atoms with Gasteiger partial charge in [0.15, 0.2) is 11.6 Å². The van der Waals surface area contributed by atoms with E-state index < -0.39 is 23.7 Å². The molecule has 164 valence electrons. The molecule has 6 nitrogen and oxygen atoms in total. The van der Waals surface area contributed by atoms with Crippen LogP contribution < -0.4 is 4.74 Å². The van der Waals surface area contributed by atoms with Crippen LogP contribution >= 0.6 is 0 Å². The van der Waals surface area contributed by atoms with Gasteiger partial charge in [0.05, 0.1) is 30.6 Å². The first-order valence-corrected chi connectivity index (χ1v) is 9.90. The minimum absolute atomic E-state index is 0.0250. The first-order valence-electron chi connectivity index (χ1n) is 9.90. The van der Waals surface area contributed by atoms with E-state index in [2.05, 4.69) is 9.97 Å². The zero-order chi connectivity index (χ0) is 22.8. The number of nitrogens with one attached hydrogen (secondary N) is 1. The number of pyridine rings is 1. The lowest BCUT2D eigenvalue weighted by atomic mass is 9.98. The Morgan fingerprint density at radius 3 is 2.59 bits per heavy atom. The van der Waals surface area contributed by atoms with Gasteiger partial charge in [0.2, 0.25) is 0 Å². The number of aliphatic hydroxyl groups excluding tert-OH is 1. The second-order valence-electron chi connectivity index (χ2n) is 7.02. The summed E-state index contributed by atoms with van der Waals surface area (Å²) in [5.41, 5.74) is 2.10. The SMILES string of the molecule is CCOc1cc2[nH]c(-c3ccc(F)cc3)c(C(O)c3cccc(C(=O)OC)n3)c2cc1F. The van der Waals surface area contributed by atoms with Crippen molar-refractivity contribution in [2.45, 2.75) is 13.0 Å². The smallest absolute Gasteiger partial charge is 0.356 e. The molecule has 0 aliphatic heterocycles. The number of rotatable bonds is 6. The average molecular weight is 438 g/mol. The second kappa shape index (κ2) is 8.76. The number of ether oxygens (including phenoxy) is 2. The number of H-pyrrole nitrogens is 1. The van der Waals surface area contributed by atoms with Crippen molar-refractivity contribution in [1.82, 2.24) is 9.97 Å². The van der Waals surface area contributed by atoms with Gasteiger partial charge in [0, 0.05) is 17.0 Å². The van der Waals surface area contributed by atoms with Crippen LogP contribution in [0.25, 0.3) is 22.2 Å². The fraction of sp³-hybridized carbons (Fsp3) is 0.167. The van der Waals surface area contributed by atoms with Gasteiger partial charge in [0.1, 0.15) is 17.6 Å². The molecule has 0 bridgehead atoms. The number of hydrogen-bond acceptors (Lipinski definition) is 5. The van der Waals surface area contributed by atoms with Gasteiger partial charge in [-0.25, -0.2) is 18.6 Å². The molecule has 0 aliphatic carbocycles. The Kier molecular flexibility index (Phi) is 5.87. The number of aromatic amines is 1. The van der Waals surface area contributed by atoms with E-state index in [-0.39, 0.29) is 23.7 Å². The first kappa shape index (κ1) is 21.5. The largest absolute Gasteiger partial charge is 0.491 e. The van der Waals surface area contributed by atoms with Gasteiger partial charge in [-0.2, -0.15) is 0 Å². The van der Waals surface area contributed by atoms with Gasteiger partial charge in [-0.1, -0.05) is 6.07 Å². The molecule has 2 aromatic carbocycles. The molecule has 0 radical (unpaired) electrons. The Bertz CT molecular complexity index is 1290. The third-order valence-corrected chi connectivity index (χ3v) is 5.04. The molecule has 0 fully saturated rings. The van der Waals surface area contributed by atoms with Crippen LogP contribution in [0.5, 0.6) is 5.75 Å². The van der Waals surface area contributed by atoms with Crippen LogP contribution in [0.1, 0.15) is 34.8 Å². The highest BCUT2D eigenvalue weighted by molar-refractivity contribution is 5.93. The van der Waals surface area contributed by atoms with E-state index in [1.54, 1.807) is 31.2 Å². The lowest BCUT2D eigenvalue weighted by molar-refractivity contribution is 0.0593. The second-order valence-corrected chi connectivity index (χ2v) is 7.02. The molecule has 0 aliphatic rings. The van der Waals surface area contributed by atoms with Crippen molar-refractivity contribution in [3.05, 3.63) is 83.2 Å². The Balaban J connectivity index is 1.93. The predicted octanol–water partition coefficient (Wildman–Crippen LogP) is 4.78. The third kappa shape index (κ3) is 3.92. The van der Waals surface area contributed by atoms with Gasteiger partial charge in [-0.15, -0.1) is 0 Å². The van der Waals surface area contributed by atoms with E-state index >= 15 is 0 Å². The molecule has 8 heteroatoms. The number of halogens is 2. The van der Waals surface area contributed by atoms with E-state index in [0.29, 0.717) is 27.7 Å². The zero-order valence-electron chi connectivity index (χ0n) is 17.4. The molecule has 0 spiro atoms. The molecule has 32 heavy (non-hydrogen) atoms. The Labute approximate surface area is 182 Å². The van der Waals surface area contributed by atoms with E-state index in [4.69, 9.17) is 9.47 Å². The van der Waals surface area contributed by atoms with Crippen molar-refractivity contribution in [1.29, 1.82) is 0 Å². The number of aromatic nitrogens is 2. The molecule has 0 saturated heterocycles. The van der Waals surface area contributed by atoms with Crippen LogP contribution in [0, 0.1) is 11.6 Å². The number of methoxy groups -OCH3 is 1. The minimum Gasteiger partial charge on any atom is -0.491 e. The highest BCUT2D eigenvalue weighted by Gasteiger charge is 2.25. The number of carbonyl (C=O) groups is 1. The summed E-state index contributed by atoms with van der Waals surface area (Å²) in [4.78, 5) is 19.3. The molecule has 0 saturated carbocycles. The molecule has 2 heterocycles. The summed E-state index contributed by atoms with van der Waals surface area (Å²) in [5, 5.41) is 11.7. The topological polar surface area (TPSA) is 84.4 Å². The molecule has 4 aromatic rings. The fourth-order valence-electron chi connectivity index (χ4n) is 3.58. The predicted molar refractivity (Wildman–Crippen MR) is 114 cm³/mol. The maximum absolute atomic E-state index is 14.7. The van der Waals surface area contributed by atoms with Crippen molar-refractivity contribution in [3.63, 3.8) is 0 Å². The van der Waals surface area contributed by atoms with Crippen LogP contribution in [0.3, 0.4) is 0 Å². The van der Waals surface area contributed by atoms with Crippen molar-refractivity contribution < 1.29 is 28.2 Å². The average Bonchev–Trinajstić information content (AvgIpc) is 3.17. The van der Waals surface area contributed by atoms with Crippen LogP contribution in [0.15, 0.2) is 54.6 Å². The van der Waals surface area contributed by atoms with Crippen LogP contribution in [-0.4, -0.2) is 34.8 Å². The van der Waals surface area contributed by atoms with Crippen molar-refractivity contribution in [2.75, 3.05) is 13.7 Å². The lowest BCUT2D eigenvalue weighted by Crippen LogP contribution is -2.09. The minimum atomic E-state index is -1.31. The number of carbonyl (C=O) groups excluding carboxylic acids is 1. The molecule has 1 atom stereocenters. The van der Waals surface area contributed by atoms with Gasteiger partial charge in [-0.05, 0) is 55.0 Å². The van der Waals surface area contributed by atoms with Crippen LogP contribution in [-0.2, 0) is 4.74 Å². The Hall–Kier alpha value is -3.78. The summed E-state index contributed by atoms with van der Waals surface area (Å²) in [6.45, 7) is 2.03. The van der Waals surface area contributed by atoms with E-state index in [9.17, 15) is 18.7 Å². The number of hydrogen-bond donors (Lipinski definition) is 2. The summed E-state index contributed by atoms with van der Waals surface area (Å²) in [6.07, 6.45) is -1.31. The van der Waals surface area contributed by atoms with Crippen LogP contribution in [0.2, 0.25) is 0 Å². The number of fused-ring (bicyclic) bond motifs is 1. The molecule has 2 aromatic heterocycles. The van der Waals surface area contributed by atoms with E-state index in [0.717, 1.165) is 0 Å². The molecule has 0 amide bonds. The number of aliphatic hydroxyl groups is 1. The fourth-order valence-corrected chi connectivity index (χ4v) is 3.58. The van der Waals surface area contributed by atoms with Crippen LogP contribution in [0.4, 0.5) is 8.78 Å². The Morgan fingerprint density at radius 2 is 1.91 bits per heavy atom. The lowest BCUT2D eigenvalue weighted by Gasteiger charge is -2.14. The molecule has 4 rings (SSSR count). The zero-order valence-corrected chi connectivity index (χ0v) is 17.4. The summed E-state index contributed by atoms with van der Waals surface area (Å²) in [6, 6.07) is 13.0. The summed E-state index contributed by atoms with van der Waals surface area (Å²) < 4.78 is 38.2. The van der Waals surface area contributed by atoms with Gasteiger partial charge in [0.25, 0.3) is 0 Å². The number of esters is 1. The van der Waals surface area contributed by atoms with E-state index in [1.165, 1.54) is 37.4 Å². The van der Waals surface area contributed by atoms with Gasteiger partial charge >= 0.3 is 5.97 Å². The number of nitrogens with zero attached hydrogens (tertiary/aromatic N) is 1. The summed E-state index contributed by atoms with van der Waals surface area (Å²) in [5.74, 6) is -1.58. The normalized spacial score (nSPS) is 12.0. The molecular formula is C24H20F2N2O4. The summed E-state index contributed by atoms with van der Waals surface area (Å²) in [7, 11) is 1.23. The van der Waals surface area contributed by atoms with Gasteiger partial charge < -0.3 is 19.6 Å². The maximum Gasteiger partial charge on any atom is 0.356 e. The highest BCUT2D eigenvalue weighted by atomic mass is 19.1. The molecular weight excluding hydrogens is 418 g/mol. The maximum atomic E-state index is 14.7. The third-order valence-electron chi connectivity index (χ3n) is 5.04. The number of benzene rings is 2. The van der Waals surface area contributed by atoms with Crippen molar-refractivity contribution in [2.24, 2.45) is 0 Å². The van der Waals surface area contributed by atoms with Crippen molar-refractivity contribution in [3.8, 4) is 17.0 Å². The standard InChI is InChI=1S/C24H20F2N2O4/c1-3-32-20-12-19-15(11-16(20)26)21(22(28-19)13-7-9-14(25)10-8-13)23(29)17-5-4-6-18(27-17)24(30)31-2/h4-12,23,28-29H,3H2,1-2H3. The highest BCUT2D eigenvalue weighted by Crippen LogP contribution is 2.39.